The van der Waals surface area contributed by atoms with E-state index in [4.69, 9.17) is 10.8 Å². The molecule has 3 N–H and O–H groups in total. The van der Waals surface area contributed by atoms with E-state index in [0.717, 1.165) is 0 Å². The van der Waals surface area contributed by atoms with Gasteiger partial charge in [0.2, 0.25) is 5.91 Å². The molecule has 1 heterocycles. The summed E-state index contributed by atoms with van der Waals surface area (Å²) in [6.07, 6.45) is 0.429. The van der Waals surface area contributed by atoms with Crippen LogP contribution in [0.1, 0.15) is 19.8 Å². The van der Waals surface area contributed by atoms with Gasteiger partial charge >= 0.3 is 6.09 Å². The summed E-state index contributed by atoms with van der Waals surface area (Å²) >= 11 is 0. The lowest BCUT2D eigenvalue weighted by atomic mass is 9.93. The summed E-state index contributed by atoms with van der Waals surface area (Å²) in [5.41, 5.74) is 5.12. The fourth-order valence-corrected chi connectivity index (χ4v) is 1.61. The van der Waals surface area contributed by atoms with Crippen molar-refractivity contribution in [1.82, 2.24) is 4.90 Å². The average Bonchev–Trinajstić information content (AvgIpc) is 2.04. The van der Waals surface area contributed by atoms with Gasteiger partial charge in [-0.05, 0) is 19.8 Å². The number of rotatable bonds is 1. The van der Waals surface area contributed by atoms with E-state index in [1.54, 1.807) is 0 Å². The normalized spacial score (nSPS) is 28.5. The minimum absolute atomic E-state index is 0.00639. The molecule has 0 aliphatic carbocycles. The molecule has 0 saturated carbocycles. The zero-order chi connectivity index (χ0) is 10.0. The molecule has 0 aromatic heterocycles. The van der Waals surface area contributed by atoms with Gasteiger partial charge in [0.25, 0.3) is 0 Å². The van der Waals surface area contributed by atoms with Crippen LogP contribution in [-0.2, 0) is 4.79 Å². The number of piperidine rings is 1. The van der Waals surface area contributed by atoms with Crippen LogP contribution in [0.5, 0.6) is 0 Å². The van der Waals surface area contributed by atoms with Gasteiger partial charge in [0.1, 0.15) is 0 Å². The number of hydrogen-bond donors (Lipinski definition) is 2. The summed E-state index contributed by atoms with van der Waals surface area (Å²) in [6.45, 7) is 2.08. The predicted molar refractivity (Wildman–Crippen MR) is 46.1 cm³/mol. The highest BCUT2D eigenvalue weighted by Gasteiger charge is 2.31. The van der Waals surface area contributed by atoms with Crippen molar-refractivity contribution >= 4 is 12.0 Å². The largest absolute Gasteiger partial charge is 0.465 e. The van der Waals surface area contributed by atoms with E-state index in [0.29, 0.717) is 12.8 Å². The van der Waals surface area contributed by atoms with Gasteiger partial charge in [-0.25, -0.2) is 4.79 Å². The molecule has 2 atom stereocenters. The molecule has 13 heavy (non-hydrogen) atoms. The first-order valence-electron chi connectivity index (χ1n) is 4.31. The van der Waals surface area contributed by atoms with Crippen LogP contribution in [0.4, 0.5) is 4.79 Å². The Hall–Kier alpha value is -1.26. The number of hydrogen-bond acceptors (Lipinski definition) is 2. The summed E-state index contributed by atoms with van der Waals surface area (Å²) in [5, 5.41) is 8.78. The van der Waals surface area contributed by atoms with Crippen LogP contribution in [-0.4, -0.2) is 34.6 Å². The molecule has 5 nitrogen and oxygen atoms in total. The summed E-state index contributed by atoms with van der Waals surface area (Å²) < 4.78 is 0. The number of amides is 2. The molecule has 0 aromatic carbocycles. The van der Waals surface area contributed by atoms with Gasteiger partial charge in [-0.15, -0.1) is 0 Å². The lowest BCUT2D eigenvalue weighted by molar-refractivity contribution is -0.123. The molecule has 0 aromatic rings. The quantitative estimate of drug-likeness (QED) is 0.615. The lowest BCUT2D eigenvalue weighted by Crippen LogP contribution is -2.48. The van der Waals surface area contributed by atoms with Gasteiger partial charge in [0.15, 0.2) is 0 Å². The van der Waals surface area contributed by atoms with E-state index in [1.165, 1.54) is 4.90 Å². The molecule has 1 aliphatic rings. The van der Waals surface area contributed by atoms with Crippen LogP contribution in [0.25, 0.3) is 0 Å². The third kappa shape index (κ3) is 2.11. The zero-order valence-electron chi connectivity index (χ0n) is 7.56. The second kappa shape index (κ2) is 3.64. The summed E-state index contributed by atoms with van der Waals surface area (Å²) in [5.74, 6) is -0.717. The number of nitrogens with two attached hydrogens (primary N) is 1. The van der Waals surface area contributed by atoms with Crippen molar-refractivity contribution in [2.24, 2.45) is 11.7 Å². The van der Waals surface area contributed by atoms with Crippen molar-refractivity contribution < 1.29 is 14.7 Å². The summed E-state index contributed by atoms with van der Waals surface area (Å²) in [6, 6.07) is -0.00639. The van der Waals surface area contributed by atoms with E-state index in [1.807, 2.05) is 6.92 Å². The molecule has 0 bridgehead atoms. The van der Waals surface area contributed by atoms with Crippen LogP contribution < -0.4 is 5.73 Å². The van der Waals surface area contributed by atoms with Crippen molar-refractivity contribution in [3.63, 3.8) is 0 Å². The standard InChI is InChI=1S/C8H14N2O3/c1-5-2-3-6(7(9)11)4-10(5)8(12)13/h5-6H,2-4H2,1H3,(H2,9,11)(H,12,13)/t5-,6+/m1/s1. The Morgan fingerprint density at radius 3 is 2.54 bits per heavy atom. The Morgan fingerprint density at radius 1 is 1.46 bits per heavy atom. The Labute approximate surface area is 76.5 Å². The molecular weight excluding hydrogens is 172 g/mol. The highest BCUT2D eigenvalue weighted by molar-refractivity contribution is 5.78. The third-order valence-corrected chi connectivity index (χ3v) is 2.53. The minimum Gasteiger partial charge on any atom is -0.465 e. The molecule has 1 rings (SSSR count). The first-order valence-corrected chi connectivity index (χ1v) is 4.31. The molecule has 0 spiro atoms. The third-order valence-electron chi connectivity index (χ3n) is 2.53. The number of primary amides is 1. The molecule has 5 heteroatoms. The first-order chi connectivity index (χ1) is 6.02. The summed E-state index contributed by atoms with van der Waals surface area (Å²) in [7, 11) is 0. The van der Waals surface area contributed by atoms with Gasteiger partial charge in [-0.1, -0.05) is 0 Å². The summed E-state index contributed by atoms with van der Waals surface area (Å²) in [4.78, 5) is 22.8. The van der Waals surface area contributed by atoms with E-state index >= 15 is 0 Å². The fraction of sp³-hybridized carbons (Fsp3) is 0.750. The molecule has 1 saturated heterocycles. The van der Waals surface area contributed by atoms with Crippen molar-refractivity contribution in [3.05, 3.63) is 0 Å². The van der Waals surface area contributed by atoms with Crippen molar-refractivity contribution in [2.75, 3.05) is 6.54 Å². The average molecular weight is 186 g/mol. The van der Waals surface area contributed by atoms with Gasteiger partial charge in [0.05, 0.1) is 5.92 Å². The maximum absolute atomic E-state index is 10.8. The zero-order valence-corrected chi connectivity index (χ0v) is 7.56. The second-order valence-electron chi connectivity index (χ2n) is 3.46. The SMILES string of the molecule is C[C@@H]1CC[C@H](C(N)=O)CN1C(=O)O. The molecular formula is C8H14N2O3. The van der Waals surface area contributed by atoms with Gasteiger partial charge in [-0.2, -0.15) is 0 Å². The molecule has 0 radical (unpaired) electrons. The molecule has 1 fully saturated rings. The van der Waals surface area contributed by atoms with E-state index < -0.39 is 12.0 Å². The molecule has 74 valence electrons. The number of carbonyl (C=O) groups excluding carboxylic acids is 1. The Balaban J connectivity index is 2.63. The predicted octanol–water partition coefficient (Wildman–Crippen LogP) is 0.250. The lowest BCUT2D eigenvalue weighted by Gasteiger charge is -2.34. The number of nitrogens with zero attached hydrogens (tertiary/aromatic N) is 1. The number of carboxylic acid groups (broad SMARTS) is 1. The van der Waals surface area contributed by atoms with Crippen LogP contribution in [0.15, 0.2) is 0 Å². The van der Waals surface area contributed by atoms with Crippen molar-refractivity contribution in [2.45, 2.75) is 25.8 Å². The maximum Gasteiger partial charge on any atom is 0.407 e. The molecule has 0 unspecified atom stereocenters. The van der Waals surface area contributed by atoms with Gasteiger partial charge in [0, 0.05) is 12.6 Å². The van der Waals surface area contributed by atoms with Crippen molar-refractivity contribution in [3.8, 4) is 0 Å². The Morgan fingerprint density at radius 2 is 2.08 bits per heavy atom. The van der Waals surface area contributed by atoms with E-state index in [-0.39, 0.29) is 18.5 Å². The molecule has 2 amide bonds. The second-order valence-corrected chi connectivity index (χ2v) is 3.46. The van der Waals surface area contributed by atoms with Crippen LogP contribution in [0, 0.1) is 5.92 Å². The van der Waals surface area contributed by atoms with E-state index in [2.05, 4.69) is 0 Å². The topological polar surface area (TPSA) is 83.6 Å². The van der Waals surface area contributed by atoms with E-state index in [9.17, 15) is 9.59 Å². The molecule has 1 aliphatic heterocycles. The first kappa shape index (κ1) is 9.83. The maximum atomic E-state index is 10.8. The van der Waals surface area contributed by atoms with Crippen LogP contribution in [0.3, 0.4) is 0 Å². The smallest absolute Gasteiger partial charge is 0.407 e. The van der Waals surface area contributed by atoms with Crippen LogP contribution >= 0.6 is 0 Å². The highest BCUT2D eigenvalue weighted by atomic mass is 16.4. The highest BCUT2D eigenvalue weighted by Crippen LogP contribution is 2.21. The Kier molecular flexibility index (Phi) is 2.75. The van der Waals surface area contributed by atoms with Gasteiger partial charge in [-0.3, -0.25) is 4.79 Å². The monoisotopic (exact) mass is 186 g/mol. The van der Waals surface area contributed by atoms with Gasteiger partial charge < -0.3 is 15.7 Å². The fourth-order valence-electron chi connectivity index (χ4n) is 1.61. The Bertz CT molecular complexity index is 229. The number of carbonyl (C=O) groups is 2. The van der Waals surface area contributed by atoms with Crippen LogP contribution in [0.2, 0.25) is 0 Å². The van der Waals surface area contributed by atoms with Crippen molar-refractivity contribution in [1.29, 1.82) is 0 Å². The number of likely N-dealkylation sites (tertiary alicyclic amines) is 1. The minimum atomic E-state index is -0.974.